The van der Waals surface area contributed by atoms with Gasteiger partial charge in [0.15, 0.2) is 5.78 Å². The van der Waals surface area contributed by atoms with Crippen LogP contribution in [0.1, 0.15) is 21.8 Å². The molecule has 0 spiro atoms. The molecule has 0 bridgehead atoms. The normalized spacial score (nSPS) is 11.8. The molecule has 0 heterocycles. The Hall–Kier alpha value is -1.52. The van der Waals surface area contributed by atoms with Crippen LogP contribution in [0.25, 0.3) is 0 Å². The number of ketones is 1. The summed E-state index contributed by atoms with van der Waals surface area (Å²) in [7, 11) is 0. The maximum absolute atomic E-state index is 13.3. The van der Waals surface area contributed by atoms with E-state index >= 15 is 0 Å². The summed E-state index contributed by atoms with van der Waals surface area (Å²) < 4.78 is 27.1. The van der Waals surface area contributed by atoms with Crippen LogP contribution in [0.3, 0.4) is 0 Å². The Labute approximate surface area is 138 Å². The highest BCUT2D eigenvalue weighted by molar-refractivity contribution is 14.1. The fraction of sp³-hybridized carbons (Fsp3) is 0.0667. The first-order valence-corrected chi connectivity index (χ1v) is 7.23. The third-order valence-corrected chi connectivity index (χ3v) is 3.98. The predicted molar refractivity (Wildman–Crippen MR) is 83.2 cm³/mol. The van der Waals surface area contributed by atoms with E-state index in [1.54, 1.807) is 18.2 Å². The fourth-order valence-electron chi connectivity index (χ4n) is 1.87. The van der Waals surface area contributed by atoms with E-state index < -0.39 is 23.3 Å². The van der Waals surface area contributed by atoms with Gasteiger partial charge in [0, 0.05) is 20.2 Å². The van der Waals surface area contributed by atoms with Crippen molar-refractivity contribution in [2.24, 2.45) is 0 Å². The summed E-state index contributed by atoms with van der Waals surface area (Å²) in [5, 5.41) is 9.55. The standard InChI is InChI=1S/C15H7ClF2INO/c16-9-1-2-14(19)12(5-9)15(21)13(7-20)8-3-10(17)6-11(18)4-8/h1-6,13H. The molecule has 1 unspecified atom stereocenters. The number of hydrogen-bond donors (Lipinski definition) is 0. The molecule has 0 aromatic heterocycles. The zero-order valence-corrected chi connectivity index (χ0v) is 13.3. The molecule has 2 nitrogen and oxygen atoms in total. The maximum Gasteiger partial charge on any atom is 0.185 e. The third-order valence-electron chi connectivity index (χ3n) is 2.80. The van der Waals surface area contributed by atoms with E-state index in [1.807, 2.05) is 22.6 Å². The van der Waals surface area contributed by atoms with Crippen LogP contribution in [0.15, 0.2) is 36.4 Å². The summed E-state index contributed by atoms with van der Waals surface area (Å²) >= 11 is 7.78. The molecule has 1 atom stereocenters. The summed E-state index contributed by atoms with van der Waals surface area (Å²) in [6, 6.07) is 9.12. The molecular weight excluding hydrogens is 411 g/mol. The second-order valence-corrected chi connectivity index (χ2v) is 5.85. The van der Waals surface area contributed by atoms with Gasteiger partial charge in [0.25, 0.3) is 0 Å². The predicted octanol–water partition coefficient (Wildman–Crippen LogP) is 4.71. The van der Waals surface area contributed by atoms with Crippen molar-refractivity contribution in [1.82, 2.24) is 0 Å². The molecule has 0 saturated heterocycles. The topological polar surface area (TPSA) is 40.9 Å². The van der Waals surface area contributed by atoms with Crippen LogP contribution in [0.5, 0.6) is 0 Å². The van der Waals surface area contributed by atoms with Crippen molar-refractivity contribution in [2.75, 3.05) is 0 Å². The highest BCUT2D eigenvalue weighted by atomic mass is 127. The number of halogens is 4. The molecule has 0 aliphatic carbocycles. The fourth-order valence-corrected chi connectivity index (χ4v) is 2.64. The molecule has 0 aliphatic heterocycles. The van der Waals surface area contributed by atoms with E-state index in [0.29, 0.717) is 14.7 Å². The smallest absolute Gasteiger partial charge is 0.185 e. The molecule has 2 aromatic carbocycles. The van der Waals surface area contributed by atoms with Crippen LogP contribution in [0, 0.1) is 26.5 Å². The molecule has 0 radical (unpaired) electrons. The van der Waals surface area contributed by atoms with Gasteiger partial charge >= 0.3 is 0 Å². The summed E-state index contributed by atoms with van der Waals surface area (Å²) in [4.78, 5) is 12.4. The number of Topliss-reactive ketones (excluding diaryl/α,β-unsaturated/α-hetero) is 1. The van der Waals surface area contributed by atoms with Crippen LogP contribution < -0.4 is 0 Å². The molecule has 2 aromatic rings. The van der Waals surface area contributed by atoms with Crippen molar-refractivity contribution in [2.45, 2.75) is 5.92 Å². The van der Waals surface area contributed by atoms with Crippen LogP contribution >= 0.6 is 34.2 Å². The van der Waals surface area contributed by atoms with Gasteiger partial charge in [-0.15, -0.1) is 0 Å². The Kier molecular flexibility index (Phi) is 4.91. The summed E-state index contributed by atoms with van der Waals surface area (Å²) in [6.07, 6.45) is 0. The quantitative estimate of drug-likeness (QED) is 0.536. The highest BCUT2D eigenvalue weighted by Gasteiger charge is 2.24. The Morgan fingerprint density at radius 2 is 1.81 bits per heavy atom. The highest BCUT2D eigenvalue weighted by Crippen LogP contribution is 2.26. The number of carbonyl (C=O) groups is 1. The van der Waals surface area contributed by atoms with E-state index in [9.17, 15) is 18.8 Å². The Morgan fingerprint density at radius 3 is 2.38 bits per heavy atom. The monoisotopic (exact) mass is 417 g/mol. The molecule has 2 rings (SSSR count). The Bertz CT molecular complexity index is 738. The van der Waals surface area contributed by atoms with Gasteiger partial charge in [-0.1, -0.05) is 11.6 Å². The second-order valence-electron chi connectivity index (χ2n) is 4.25. The molecule has 0 amide bonds. The molecule has 106 valence electrons. The lowest BCUT2D eigenvalue weighted by Gasteiger charge is -2.11. The van der Waals surface area contributed by atoms with Crippen molar-refractivity contribution in [3.8, 4) is 6.07 Å². The SMILES string of the molecule is N#CC(C(=O)c1cc(Cl)ccc1I)c1cc(F)cc(F)c1. The maximum atomic E-state index is 13.3. The summed E-state index contributed by atoms with van der Waals surface area (Å²) in [6.45, 7) is 0. The molecule has 6 heteroatoms. The van der Waals surface area contributed by atoms with Crippen molar-refractivity contribution in [1.29, 1.82) is 5.26 Å². The van der Waals surface area contributed by atoms with Crippen molar-refractivity contribution >= 4 is 40.0 Å². The zero-order valence-electron chi connectivity index (χ0n) is 10.4. The second kappa shape index (κ2) is 6.50. The Balaban J connectivity index is 2.48. The minimum Gasteiger partial charge on any atom is -0.292 e. The van der Waals surface area contributed by atoms with Crippen LogP contribution in [0.2, 0.25) is 5.02 Å². The van der Waals surface area contributed by atoms with Gasteiger partial charge in [0.05, 0.1) is 6.07 Å². The number of carbonyl (C=O) groups excluding carboxylic acids is 1. The number of rotatable bonds is 3. The number of hydrogen-bond acceptors (Lipinski definition) is 2. The number of nitrogens with zero attached hydrogens (tertiary/aromatic N) is 1. The van der Waals surface area contributed by atoms with Crippen LogP contribution in [0.4, 0.5) is 8.78 Å². The number of benzene rings is 2. The first-order valence-electron chi connectivity index (χ1n) is 5.77. The number of nitriles is 1. The van der Waals surface area contributed by atoms with Gasteiger partial charge in [-0.3, -0.25) is 4.79 Å². The van der Waals surface area contributed by atoms with Crippen molar-refractivity contribution in [3.63, 3.8) is 0 Å². The average Bonchev–Trinajstić information content (AvgIpc) is 2.41. The lowest BCUT2D eigenvalue weighted by Crippen LogP contribution is -2.13. The van der Waals surface area contributed by atoms with Gasteiger partial charge in [0.2, 0.25) is 0 Å². The van der Waals surface area contributed by atoms with Gasteiger partial charge in [0.1, 0.15) is 17.6 Å². The van der Waals surface area contributed by atoms with E-state index in [2.05, 4.69) is 0 Å². The minimum absolute atomic E-state index is 0.0178. The van der Waals surface area contributed by atoms with Gasteiger partial charge < -0.3 is 0 Å². The summed E-state index contributed by atoms with van der Waals surface area (Å²) in [5.74, 6) is -3.51. The zero-order chi connectivity index (χ0) is 15.6. The van der Waals surface area contributed by atoms with Gasteiger partial charge in [-0.05, 0) is 58.5 Å². The molecule has 0 saturated carbocycles. The van der Waals surface area contributed by atoms with Crippen LogP contribution in [-0.2, 0) is 0 Å². The first kappa shape index (κ1) is 15.9. The van der Waals surface area contributed by atoms with Crippen molar-refractivity contribution < 1.29 is 13.6 Å². The lowest BCUT2D eigenvalue weighted by molar-refractivity contribution is 0.0978. The minimum atomic E-state index is -1.29. The van der Waals surface area contributed by atoms with Gasteiger partial charge in [-0.25, -0.2) is 8.78 Å². The molecular formula is C15H7ClF2INO. The van der Waals surface area contributed by atoms with E-state index in [4.69, 9.17) is 11.6 Å². The van der Waals surface area contributed by atoms with Crippen LogP contribution in [-0.4, -0.2) is 5.78 Å². The third kappa shape index (κ3) is 3.57. The molecule has 21 heavy (non-hydrogen) atoms. The van der Waals surface area contributed by atoms with E-state index in [-0.39, 0.29) is 11.1 Å². The lowest BCUT2D eigenvalue weighted by atomic mass is 9.92. The Morgan fingerprint density at radius 1 is 1.19 bits per heavy atom. The average molecular weight is 418 g/mol. The van der Waals surface area contributed by atoms with Gasteiger partial charge in [-0.2, -0.15) is 5.26 Å². The molecule has 0 fully saturated rings. The first-order chi connectivity index (χ1) is 9.92. The van der Waals surface area contributed by atoms with E-state index in [1.165, 1.54) is 6.07 Å². The van der Waals surface area contributed by atoms with Crippen molar-refractivity contribution in [3.05, 3.63) is 67.8 Å². The molecule has 0 N–H and O–H groups in total. The summed E-state index contributed by atoms with van der Waals surface area (Å²) in [5.41, 5.74) is 0.232. The van der Waals surface area contributed by atoms with E-state index in [0.717, 1.165) is 12.1 Å². The largest absolute Gasteiger partial charge is 0.292 e. The molecule has 0 aliphatic rings.